The number of piperazine rings is 1. The van der Waals surface area contributed by atoms with E-state index in [1.807, 2.05) is 7.05 Å². The van der Waals surface area contributed by atoms with Crippen LogP contribution in [-0.4, -0.2) is 59.6 Å². The summed E-state index contributed by atoms with van der Waals surface area (Å²) in [4.78, 5) is 18.1. The van der Waals surface area contributed by atoms with E-state index >= 15 is 0 Å². The summed E-state index contributed by atoms with van der Waals surface area (Å²) in [5, 5.41) is 6.25. The van der Waals surface area contributed by atoms with E-state index in [9.17, 15) is 4.79 Å². The van der Waals surface area contributed by atoms with E-state index in [4.69, 9.17) is 0 Å². The van der Waals surface area contributed by atoms with Crippen molar-refractivity contribution in [1.29, 1.82) is 0 Å². The van der Waals surface area contributed by atoms with Gasteiger partial charge in [-0.05, 0) is 13.0 Å². The minimum atomic E-state index is -0.0460. The smallest absolute Gasteiger partial charge is 0.269 e. The first kappa shape index (κ1) is 13.0. The molecule has 0 unspecified atom stereocenters. The normalized spacial score (nSPS) is 16.7. The predicted octanol–water partition coefficient (Wildman–Crippen LogP) is -0.555. The van der Waals surface area contributed by atoms with Gasteiger partial charge in [-0.3, -0.25) is 4.79 Å². The highest BCUT2D eigenvalue weighted by Crippen LogP contribution is 1.97. The van der Waals surface area contributed by atoms with Crippen molar-refractivity contribution in [2.45, 2.75) is 6.42 Å². The highest BCUT2D eigenvalue weighted by Gasteiger charge is 2.10. The summed E-state index contributed by atoms with van der Waals surface area (Å²) in [6.07, 6.45) is 4.21. The number of rotatable bonds is 5. The molecule has 1 aromatic heterocycles. The minimum Gasteiger partial charge on any atom is -0.351 e. The van der Waals surface area contributed by atoms with Gasteiger partial charge >= 0.3 is 0 Å². The van der Waals surface area contributed by atoms with Crippen LogP contribution < -0.4 is 10.6 Å². The Balaban J connectivity index is 1.63. The van der Waals surface area contributed by atoms with Crippen LogP contribution in [0.5, 0.6) is 0 Å². The molecule has 18 heavy (non-hydrogen) atoms. The van der Waals surface area contributed by atoms with E-state index in [1.165, 1.54) is 0 Å². The topological polar surface area (TPSA) is 62.2 Å². The number of nitrogens with one attached hydrogen (secondary N) is 2. The van der Waals surface area contributed by atoms with Gasteiger partial charge in [0.05, 0.1) is 12.5 Å². The molecule has 0 bridgehead atoms. The maximum absolute atomic E-state index is 11.8. The lowest BCUT2D eigenvalue weighted by atomic mass is 10.3. The predicted molar refractivity (Wildman–Crippen MR) is 69.5 cm³/mol. The second-order valence-electron chi connectivity index (χ2n) is 4.59. The van der Waals surface area contributed by atoms with Crippen molar-refractivity contribution >= 4 is 5.91 Å². The monoisotopic (exact) mass is 251 g/mol. The summed E-state index contributed by atoms with van der Waals surface area (Å²) in [7, 11) is 1.82. The molecule has 2 heterocycles. The molecule has 0 aliphatic carbocycles. The third-order valence-corrected chi connectivity index (χ3v) is 3.20. The molecule has 1 saturated heterocycles. The molecule has 1 amide bonds. The number of aromatic nitrogens is 2. The summed E-state index contributed by atoms with van der Waals surface area (Å²) in [6.45, 7) is 6.12. The second-order valence-corrected chi connectivity index (χ2v) is 4.59. The number of carbonyl (C=O) groups excluding carboxylic acids is 1. The lowest BCUT2D eigenvalue weighted by Crippen LogP contribution is -2.44. The number of hydrogen-bond acceptors (Lipinski definition) is 4. The molecule has 100 valence electrons. The zero-order valence-corrected chi connectivity index (χ0v) is 10.9. The molecule has 6 heteroatoms. The summed E-state index contributed by atoms with van der Waals surface area (Å²) in [6, 6.07) is 0. The highest BCUT2D eigenvalue weighted by atomic mass is 16.1. The number of amides is 1. The maximum Gasteiger partial charge on any atom is 0.269 e. The van der Waals surface area contributed by atoms with Crippen LogP contribution in [0.3, 0.4) is 0 Å². The first-order chi connectivity index (χ1) is 8.77. The molecule has 1 aromatic rings. The summed E-state index contributed by atoms with van der Waals surface area (Å²) >= 11 is 0. The Kier molecular flexibility index (Phi) is 4.72. The quantitative estimate of drug-likeness (QED) is 0.689. The van der Waals surface area contributed by atoms with E-state index in [-0.39, 0.29) is 5.91 Å². The van der Waals surface area contributed by atoms with Crippen molar-refractivity contribution in [1.82, 2.24) is 25.1 Å². The van der Waals surface area contributed by atoms with E-state index in [1.54, 1.807) is 17.1 Å². The second kappa shape index (κ2) is 6.51. The van der Waals surface area contributed by atoms with Gasteiger partial charge in [0.1, 0.15) is 5.69 Å². The first-order valence-corrected chi connectivity index (χ1v) is 6.45. The largest absolute Gasteiger partial charge is 0.351 e. The molecule has 6 nitrogen and oxygen atoms in total. The van der Waals surface area contributed by atoms with Gasteiger partial charge in [-0.25, -0.2) is 4.98 Å². The Bertz CT molecular complexity index is 384. The average molecular weight is 251 g/mol. The van der Waals surface area contributed by atoms with Gasteiger partial charge in [-0.2, -0.15) is 0 Å². The average Bonchev–Trinajstić information content (AvgIpc) is 2.82. The molecule has 0 spiro atoms. The van der Waals surface area contributed by atoms with Gasteiger partial charge in [-0.15, -0.1) is 0 Å². The summed E-state index contributed by atoms with van der Waals surface area (Å²) < 4.78 is 1.73. The van der Waals surface area contributed by atoms with Crippen molar-refractivity contribution in [2.24, 2.45) is 7.05 Å². The van der Waals surface area contributed by atoms with Crippen molar-refractivity contribution < 1.29 is 4.79 Å². The number of carbonyl (C=O) groups is 1. The third-order valence-electron chi connectivity index (χ3n) is 3.20. The zero-order chi connectivity index (χ0) is 12.8. The minimum absolute atomic E-state index is 0.0460. The summed E-state index contributed by atoms with van der Waals surface area (Å²) in [5.74, 6) is -0.0460. The van der Waals surface area contributed by atoms with Gasteiger partial charge in [0.15, 0.2) is 0 Å². The van der Waals surface area contributed by atoms with Crippen LogP contribution in [0.15, 0.2) is 12.5 Å². The Morgan fingerprint density at radius 3 is 2.94 bits per heavy atom. The van der Waals surface area contributed by atoms with Crippen LogP contribution in [0.25, 0.3) is 0 Å². The molecule has 1 aliphatic rings. The molecule has 2 rings (SSSR count). The van der Waals surface area contributed by atoms with Crippen molar-refractivity contribution in [2.75, 3.05) is 39.3 Å². The van der Waals surface area contributed by atoms with Crippen LogP contribution in [0.1, 0.15) is 16.9 Å². The van der Waals surface area contributed by atoms with Crippen molar-refractivity contribution in [3.05, 3.63) is 18.2 Å². The molecule has 0 atom stereocenters. The van der Waals surface area contributed by atoms with Crippen LogP contribution >= 0.6 is 0 Å². The van der Waals surface area contributed by atoms with Crippen LogP contribution in [0.4, 0.5) is 0 Å². The molecule has 0 aromatic carbocycles. The lowest BCUT2D eigenvalue weighted by molar-refractivity contribution is 0.0943. The van der Waals surface area contributed by atoms with E-state index in [0.29, 0.717) is 12.2 Å². The third kappa shape index (κ3) is 3.54. The molecule has 1 aliphatic heterocycles. The Morgan fingerprint density at radius 1 is 1.50 bits per heavy atom. The Labute approximate surface area is 107 Å². The maximum atomic E-state index is 11.8. The fourth-order valence-corrected chi connectivity index (χ4v) is 2.11. The number of nitrogens with zero attached hydrogens (tertiary/aromatic N) is 3. The standard InChI is InChI=1S/C12H21N5O/c1-16-10-14-9-11(16)12(18)15-3-2-6-17-7-4-13-5-8-17/h9-10,13H,2-8H2,1H3,(H,15,18). The zero-order valence-electron chi connectivity index (χ0n) is 10.9. The van der Waals surface area contributed by atoms with Crippen molar-refractivity contribution in [3.63, 3.8) is 0 Å². The molecule has 0 saturated carbocycles. The van der Waals surface area contributed by atoms with Crippen LogP contribution in [-0.2, 0) is 7.05 Å². The fraction of sp³-hybridized carbons (Fsp3) is 0.667. The molecular formula is C12H21N5O. The van der Waals surface area contributed by atoms with E-state index < -0.39 is 0 Å². The SMILES string of the molecule is Cn1cncc1C(=O)NCCCN1CCNCC1. The van der Waals surface area contributed by atoms with E-state index in [0.717, 1.165) is 39.1 Å². The highest BCUT2D eigenvalue weighted by molar-refractivity contribution is 5.92. The van der Waals surface area contributed by atoms with Gasteiger partial charge in [0, 0.05) is 39.8 Å². The Morgan fingerprint density at radius 2 is 2.28 bits per heavy atom. The van der Waals surface area contributed by atoms with Crippen LogP contribution in [0, 0.1) is 0 Å². The Hall–Kier alpha value is -1.40. The van der Waals surface area contributed by atoms with Gasteiger partial charge < -0.3 is 20.1 Å². The number of imidazole rings is 1. The number of hydrogen-bond donors (Lipinski definition) is 2. The van der Waals surface area contributed by atoms with Crippen LogP contribution in [0.2, 0.25) is 0 Å². The molecule has 1 fully saturated rings. The number of aryl methyl sites for hydroxylation is 1. The van der Waals surface area contributed by atoms with E-state index in [2.05, 4.69) is 20.5 Å². The molecular weight excluding hydrogens is 230 g/mol. The fourth-order valence-electron chi connectivity index (χ4n) is 2.11. The summed E-state index contributed by atoms with van der Waals surface area (Å²) in [5.41, 5.74) is 0.608. The van der Waals surface area contributed by atoms with Gasteiger partial charge in [0.25, 0.3) is 5.91 Å². The lowest BCUT2D eigenvalue weighted by Gasteiger charge is -2.27. The first-order valence-electron chi connectivity index (χ1n) is 6.45. The molecule has 0 radical (unpaired) electrons. The van der Waals surface area contributed by atoms with Gasteiger partial charge in [-0.1, -0.05) is 0 Å². The van der Waals surface area contributed by atoms with Crippen molar-refractivity contribution in [3.8, 4) is 0 Å². The molecule has 2 N–H and O–H groups in total. The van der Waals surface area contributed by atoms with Gasteiger partial charge in [0.2, 0.25) is 0 Å².